The van der Waals surface area contributed by atoms with Crippen LogP contribution in [0, 0.1) is 13.8 Å². The molecule has 0 spiro atoms. The zero-order chi connectivity index (χ0) is 15.4. The third-order valence-corrected chi connectivity index (χ3v) is 3.75. The smallest absolute Gasteiger partial charge is 0.347 e. The van der Waals surface area contributed by atoms with Crippen molar-refractivity contribution in [3.8, 4) is 0 Å². The van der Waals surface area contributed by atoms with Crippen LogP contribution in [0.25, 0.3) is 0 Å². The van der Waals surface area contributed by atoms with Crippen LogP contribution in [0.2, 0.25) is 0 Å². The first-order valence-corrected chi connectivity index (χ1v) is 7.03. The molecule has 2 aromatic rings. The van der Waals surface area contributed by atoms with E-state index in [2.05, 4.69) is 20.4 Å². The Morgan fingerprint density at radius 1 is 1.33 bits per heavy atom. The van der Waals surface area contributed by atoms with Gasteiger partial charge in [-0.1, -0.05) is 5.16 Å². The Balaban J connectivity index is 1.81. The van der Waals surface area contributed by atoms with Crippen LogP contribution in [0.1, 0.15) is 38.5 Å². The van der Waals surface area contributed by atoms with Crippen LogP contribution in [0.3, 0.4) is 0 Å². The van der Waals surface area contributed by atoms with Gasteiger partial charge in [0.25, 0.3) is 0 Å². The number of carboxylic acid groups (broad SMARTS) is 1. The number of carbonyl (C=O) groups excluding carboxylic acids is 1. The molecule has 0 aliphatic carbocycles. The zero-order valence-electron chi connectivity index (χ0n) is 11.5. The van der Waals surface area contributed by atoms with Crippen molar-refractivity contribution >= 4 is 23.2 Å². The van der Waals surface area contributed by atoms with E-state index in [0.29, 0.717) is 28.8 Å². The molecular weight excluding hydrogens is 296 g/mol. The number of carboxylic acids is 1. The van der Waals surface area contributed by atoms with Crippen LogP contribution in [0.4, 0.5) is 0 Å². The SMILES string of the molecule is Cc1noc(CCC(=O)NCc2nc(C)c(C(=O)O)s2)n1. The van der Waals surface area contributed by atoms with E-state index in [9.17, 15) is 9.59 Å². The number of rotatable bonds is 6. The molecule has 2 heterocycles. The molecule has 0 bridgehead atoms. The lowest BCUT2D eigenvalue weighted by Gasteiger charge is -2.00. The number of nitrogens with zero attached hydrogens (tertiary/aromatic N) is 3. The molecular formula is C12H14N4O4S. The molecule has 0 radical (unpaired) electrons. The average molecular weight is 310 g/mol. The second kappa shape index (κ2) is 6.44. The Morgan fingerprint density at radius 2 is 2.10 bits per heavy atom. The molecule has 0 saturated carbocycles. The Hall–Kier alpha value is -2.29. The van der Waals surface area contributed by atoms with E-state index in [1.807, 2.05) is 0 Å². The normalized spacial score (nSPS) is 10.6. The predicted molar refractivity (Wildman–Crippen MR) is 73.0 cm³/mol. The summed E-state index contributed by atoms with van der Waals surface area (Å²) in [7, 11) is 0. The van der Waals surface area contributed by atoms with Gasteiger partial charge in [0.05, 0.1) is 12.2 Å². The summed E-state index contributed by atoms with van der Waals surface area (Å²) in [4.78, 5) is 30.9. The number of hydrogen-bond acceptors (Lipinski definition) is 7. The van der Waals surface area contributed by atoms with E-state index >= 15 is 0 Å². The minimum atomic E-state index is -1.01. The Labute approximate surface area is 124 Å². The van der Waals surface area contributed by atoms with Gasteiger partial charge in [-0.15, -0.1) is 11.3 Å². The van der Waals surface area contributed by atoms with Crippen molar-refractivity contribution in [1.29, 1.82) is 0 Å². The highest BCUT2D eigenvalue weighted by Gasteiger charge is 2.14. The van der Waals surface area contributed by atoms with Gasteiger partial charge >= 0.3 is 5.97 Å². The number of aromatic nitrogens is 3. The van der Waals surface area contributed by atoms with Crippen LogP contribution in [0.5, 0.6) is 0 Å². The minimum absolute atomic E-state index is 0.185. The molecule has 0 aliphatic heterocycles. The fourth-order valence-corrected chi connectivity index (χ4v) is 2.49. The highest BCUT2D eigenvalue weighted by Crippen LogP contribution is 2.17. The van der Waals surface area contributed by atoms with E-state index in [1.54, 1.807) is 13.8 Å². The number of aryl methyl sites for hydroxylation is 3. The lowest BCUT2D eigenvalue weighted by Crippen LogP contribution is -2.23. The van der Waals surface area contributed by atoms with Gasteiger partial charge in [0.1, 0.15) is 9.88 Å². The lowest BCUT2D eigenvalue weighted by atomic mass is 10.3. The number of nitrogens with one attached hydrogen (secondary N) is 1. The quantitative estimate of drug-likeness (QED) is 0.819. The molecule has 2 rings (SSSR count). The molecule has 0 unspecified atom stereocenters. The van der Waals surface area contributed by atoms with Crippen LogP contribution >= 0.6 is 11.3 Å². The molecule has 1 amide bonds. The summed E-state index contributed by atoms with van der Waals surface area (Å²) in [6.07, 6.45) is 0.585. The fraction of sp³-hybridized carbons (Fsp3) is 0.417. The van der Waals surface area contributed by atoms with Crippen molar-refractivity contribution in [3.63, 3.8) is 0 Å². The summed E-state index contributed by atoms with van der Waals surface area (Å²) < 4.78 is 4.91. The first kappa shape index (κ1) is 15.1. The molecule has 112 valence electrons. The monoisotopic (exact) mass is 310 g/mol. The first-order chi connectivity index (χ1) is 9.95. The summed E-state index contributed by atoms with van der Waals surface area (Å²) >= 11 is 1.06. The second-order valence-electron chi connectivity index (χ2n) is 4.34. The van der Waals surface area contributed by atoms with E-state index in [4.69, 9.17) is 9.63 Å². The first-order valence-electron chi connectivity index (χ1n) is 6.21. The van der Waals surface area contributed by atoms with Crippen molar-refractivity contribution in [3.05, 3.63) is 27.3 Å². The standard InChI is InChI=1S/C12H14N4O4S/c1-6-11(12(18)19)21-10(14-6)5-13-8(17)3-4-9-15-7(2)16-20-9/h3-5H2,1-2H3,(H,13,17)(H,18,19). The molecule has 0 saturated heterocycles. The highest BCUT2D eigenvalue weighted by atomic mass is 32.1. The maximum atomic E-state index is 11.7. The Bertz CT molecular complexity index is 664. The van der Waals surface area contributed by atoms with Crippen molar-refractivity contribution in [2.75, 3.05) is 0 Å². The van der Waals surface area contributed by atoms with E-state index < -0.39 is 5.97 Å². The molecule has 0 fully saturated rings. The van der Waals surface area contributed by atoms with Crippen molar-refractivity contribution in [1.82, 2.24) is 20.4 Å². The Kier molecular flexibility index (Phi) is 4.63. The number of amides is 1. The average Bonchev–Trinajstić information content (AvgIpc) is 3.00. The third-order valence-electron chi connectivity index (χ3n) is 2.61. The number of aromatic carboxylic acids is 1. The summed E-state index contributed by atoms with van der Waals surface area (Å²) in [6.45, 7) is 3.54. The molecule has 2 N–H and O–H groups in total. The van der Waals surface area contributed by atoms with Gasteiger partial charge in [0.2, 0.25) is 11.8 Å². The predicted octanol–water partition coefficient (Wildman–Crippen LogP) is 1.09. The second-order valence-corrected chi connectivity index (χ2v) is 5.42. The van der Waals surface area contributed by atoms with Crippen LogP contribution in [0.15, 0.2) is 4.52 Å². The molecule has 9 heteroatoms. The summed E-state index contributed by atoms with van der Waals surface area (Å²) in [5, 5.41) is 15.8. The topological polar surface area (TPSA) is 118 Å². The van der Waals surface area contributed by atoms with E-state index in [-0.39, 0.29) is 23.7 Å². The maximum absolute atomic E-state index is 11.7. The minimum Gasteiger partial charge on any atom is -0.477 e. The largest absolute Gasteiger partial charge is 0.477 e. The van der Waals surface area contributed by atoms with Gasteiger partial charge < -0.3 is 14.9 Å². The van der Waals surface area contributed by atoms with Gasteiger partial charge in [0, 0.05) is 12.8 Å². The molecule has 8 nitrogen and oxygen atoms in total. The summed E-state index contributed by atoms with van der Waals surface area (Å²) in [6, 6.07) is 0. The summed E-state index contributed by atoms with van der Waals surface area (Å²) in [5.41, 5.74) is 0.457. The van der Waals surface area contributed by atoms with Crippen molar-refractivity contribution in [2.45, 2.75) is 33.2 Å². The molecule has 0 atom stereocenters. The summed E-state index contributed by atoms with van der Waals surface area (Å²) in [5.74, 6) is -0.240. The molecule has 2 aromatic heterocycles. The van der Waals surface area contributed by atoms with Crippen LogP contribution < -0.4 is 5.32 Å². The molecule has 0 aromatic carbocycles. The Morgan fingerprint density at radius 3 is 2.67 bits per heavy atom. The van der Waals surface area contributed by atoms with Crippen LogP contribution in [-0.2, 0) is 17.8 Å². The molecule has 21 heavy (non-hydrogen) atoms. The van der Waals surface area contributed by atoms with Crippen molar-refractivity contribution < 1.29 is 19.2 Å². The maximum Gasteiger partial charge on any atom is 0.347 e. The fourth-order valence-electron chi connectivity index (χ4n) is 1.65. The van der Waals surface area contributed by atoms with Gasteiger partial charge in [-0.05, 0) is 13.8 Å². The number of hydrogen-bond donors (Lipinski definition) is 2. The number of thiazole rings is 1. The lowest BCUT2D eigenvalue weighted by molar-refractivity contribution is -0.121. The highest BCUT2D eigenvalue weighted by molar-refractivity contribution is 7.13. The van der Waals surface area contributed by atoms with E-state index in [1.165, 1.54) is 0 Å². The molecule has 0 aliphatic rings. The number of carbonyl (C=O) groups is 2. The van der Waals surface area contributed by atoms with Crippen LogP contribution in [-0.4, -0.2) is 32.1 Å². The van der Waals surface area contributed by atoms with Crippen molar-refractivity contribution in [2.24, 2.45) is 0 Å². The third kappa shape index (κ3) is 4.09. The van der Waals surface area contributed by atoms with Gasteiger partial charge in [-0.3, -0.25) is 4.79 Å². The van der Waals surface area contributed by atoms with Gasteiger partial charge in [-0.25, -0.2) is 9.78 Å². The van der Waals surface area contributed by atoms with E-state index in [0.717, 1.165) is 11.3 Å². The zero-order valence-corrected chi connectivity index (χ0v) is 12.4. The van der Waals surface area contributed by atoms with Gasteiger partial charge in [-0.2, -0.15) is 4.98 Å². The van der Waals surface area contributed by atoms with Gasteiger partial charge in [0.15, 0.2) is 5.82 Å².